The summed E-state index contributed by atoms with van der Waals surface area (Å²) in [5, 5.41) is 185. The Kier molecular flexibility index (Phi) is 25.8. The summed E-state index contributed by atoms with van der Waals surface area (Å²) in [5.41, 5.74) is 0. The van der Waals surface area contributed by atoms with Crippen molar-refractivity contribution < 1.29 is 148 Å². The topological polar surface area (TPSA) is 472 Å². The molecule has 0 saturated carbocycles. The van der Waals surface area contributed by atoms with Gasteiger partial charge in [-0.25, -0.2) is 0 Å². The fourth-order valence-corrected chi connectivity index (χ4v) is 10.7. The van der Waals surface area contributed by atoms with E-state index in [1.807, 2.05) is 0 Å². The molecule has 0 bridgehead atoms. The molecule has 30 nitrogen and oxygen atoms in total. The monoisotopic (exact) mass is 1170 g/mol. The van der Waals surface area contributed by atoms with Crippen molar-refractivity contribution in [3.63, 3.8) is 0 Å². The maximum absolute atomic E-state index is 12.4. The first-order chi connectivity index (χ1) is 37.8. The highest BCUT2D eigenvalue weighted by Crippen LogP contribution is 2.39. The molecule has 0 spiro atoms. The minimum atomic E-state index is -2.23. The van der Waals surface area contributed by atoms with Gasteiger partial charge < -0.3 is 144 Å². The highest BCUT2D eigenvalue weighted by molar-refractivity contribution is 5.67. The molecular weight excluding hydrogens is 1080 g/mol. The third-order valence-electron chi connectivity index (χ3n) is 15.7. The predicted octanol–water partition coefficient (Wildman–Crippen LogP) is -6.23. The number of unbranched alkanes of at least 4 members (excludes halogenated alkanes) is 4. The molecule has 32 atom stereocenters. The second kappa shape index (κ2) is 30.6. The fraction of sp³-hybridized carbons (Fsp3) is 0.980. The van der Waals surface area contributed by atoms with E-state index >= 15 is 0 Å². The minimum Gasteiger partial charge on any atom is -0.481 e. The number of rotatable bonds is 26. The molecule has 0 unspecified atom stereocenters. The van der Waals surface area contributed by atoms with Crippen LogP contribution >= 0.6 is 0 Å². The highest BCUT2D eigenvalue weighted by atomic mass is 16.8. The van der Waals surface area contributed by atoms with Crippen LogP contribution in [0.5, 0.6) is 0 Å². The number of ether oxygens (including phenoxy) is 12. The van der Waals surface area contributed by atoms with Crippen LogP contribution < -0.4 is 0 Å². The summed E-state index contributed by atoms with van der Waals surface area (Å²) in [6.07, 6.45) is -49.8. The van der Waals surface area contributed by atoms with Crippen molar-refractivity contribution in [1.29, 1.82) is 0 Å². The Bertz CT molecular complexity index is 1830. The Hall–Kier alpha value is -1.65. The van der Waals surface area contributed by atoms with Crippen molar-refractivity contribution in [2.24, 2.45) is 0 Å². The first-order valence-electron chi connectivity index (χ1n) is 27.7. The van der Waals surface area contributed by atoms with E-state index in [1.54, 1.807) is 0 Å². The highest BCUT2D eigenvalue weighted by Gasteiger charge is 2.58. The van der Waals surface area contributed by atoms with Gasteiger partial charge in [-0.3, -0.25) is 4.79 Å². The van der Waals surface area contributed by atoms with Gasteiger partial charge in [0.1, 0.15) is 122 Å². The first-order valence-corrected chi connectivity index (χ1v) is 27.7. The van der Waals surface area contributed by atoms with E-state index in [0.717, 1.165) is 25.7 Å². The number of aliphatic hydroxyl groups excluding tert-OH is 16. The molecule has 6 aliphatic rings. The number of aliphatic hydroxyl groups is 16. The van der Waals surface area contributed by atoms with Gasteiger partial charge in [0.2, 0.25) is 0 Å². The van der Waals surface area contributed by atoms with E-state index in [9.17, 15) is 91.6 Å². The van der Waals surface area contributed by atoms with E-state index in [0.29, 0.717) is 19.3 Å². The zero-order valence-electron chi connectivity index (χ0n) is 45.4. The molecule has 6 aliphatic heterocycles. The number of carboxylic acid groups (broad SMARTS) is 1. The first kappa shape index (κ1) is 67.5. The molecular formula is C50H88O30. The average Bonchev–Trinajstić information content (AvgIpc) is 3.41. The van der Waals surface area contributed by atoms with Gasteiger partial charge in [-0.05, 0) is 53.4 Å². The summed E-state index contributed by atoms with van der Waals surface area (Å²) in [4.78, 5) is 11.2. The van der Waals surface area contributed by atoms with Gasteiger partial charge in [-0.15, -0.1) is 0 Å². The molecule has 6 rings (SSSR count). The molecule has 0 aliphatic carbocycles. The molecule has 6 heterocycles. The Morgan fingerprint density at radius 3 is 1.27 bits per heavy atom. The lowest BCUT2D eigenvalue weighted by molar-refractivity contribution is -0.414. The Balaban J connectivity index is 1.32. The molecule has 80 heavy (non-hydrogen) atoms. The number of carbonyl (C=O) groups is 1. The summed E-state index contributed by atoms with van der Waals surface area (Å²) < 4.78 is 72.6. The maximum Gasteiger partial charge on any atom is 0.305 e. The third-order valence-corrected chi connectivity index (χ3v) is 15.7. The summed E-state index contributed by atoms with van der Waals surface area (Å²) in [5.74, 6) is -1.18. The number of hydrogen-bond acceptors (Lipinski definition) is 29. The van der Waals surface area contributed by atoms with Crippen LogP contribution in [0.1, 0.15) is 98.8 Å². The standard InChI is InChI=1S/C50H88O30/c1-6-7-8-9-10-13-23(14-11-12-22(53)15-26(54)55)73-48-42(34(63)29(58)20(4)71-48)80-50-44(36(65)31(60)25(17-52)75-50)79-47-39(68)41(40(21(5)72-47)76-45-37(66)32(61)27(56)18(2)69-45)77-49-43(35(64)30(59)24(16-51)74-49)78-46-38(67)33(62)28(57)19(3)70-46/h18-25,27-53,56-68H,6-17H2,1-5H3,(H,54,55)/t18-,19-,20-,21+,22+,23+,24-,25-,27-,28-,29+,30-,31-,32+,33+,34+,35+,36+,37-,38-,39-,40+,41+,42-,43-,44-,45+,46+,47+,48+,49+,50+/m1/s1. The van der Waals surface area contributed by atoms with Crippen molar-refractivity contribution in [3.8, 4) is 0 Å². The van der Waals surface area contributed by atoms with Crippen LogP contribution in [0.3, 0.4) is 0 Å². The lowest BCUT2D eigenvalue weighted by atomic mass is 9.95. The summed E-state index contributed by atoms with van der Waals surface area (Å²) in [7, 11) is 0. The van der Waals surface area contributed by atoms with Crippen molar-refractivity contribution in [1.82, 2.24) is 0 Å². The molecule has 30 heteroatoms. The number of aliphatic carboxylic acids is 1. The van der Waals surface area contributed by atoms with Crippen LogP contribution in [0, 0.1) is 0 Å². The molecule has 0 aromatic rings. The maximum atomic E-state index is 12.4. The van der Waals surface area contributed by atoms with Gasteiger partial charge in [0, 0.05) is 0 Å². The third kappa shape index (κ3) is 16.2. The number of hydrogen-bond donors (Lipinski definition) is 17. The molecule has 17 N–H and O–H groups in total. The van der Waals surface area contributed by atoms with Crippen LogP contribution in [-0.2, 0) is 61.6 Å². The lowest BCUT2D eigenvalue weighted by Gasteiger charge is -2.51. The Morgan fingerprint density at radius 1 is 0.400 bits per heavy atom. The summed E-state index contributed by atoms with van der Waals surface area (Å²) in [6.45, 7) is 5.68. The van der Waals surface area contributed by atoms with Gasteiger partial charge in [-0.1, -0.05) is 39.0 Å². The second-order valence-electron chi connectivity index (χ2n) is 21.8. The van der Waals surface area contributed by atoms with Crippen molar-refractivity contribution in [2.45, 2.75) is 295 Å². The van der Waals surface area contributed by atoms with Crippen LogP contribution in [0.25, 0.3) is 0 Å². The molecule has 6 saturated heterocycles. The van der Waals surface area contributed by atoms with Crippen molar-refractivity contribution in [3.05, 3.63) is 0 Å². The van der Waals surface area contributed by atoms with Gasteiger partial charge in [-0.2, -0.15) is 0 Å². The zero-order chi connectivity index (χ0) is 59.0. The molecule has 0 aromatic carbocycles. The van der Waals surface area contributed by atoms with E-state index < -0.39 is 222 Å². The van der Waals surface area contributed by atoms with E-state index in [-0.39, 0.29) is 12.8 Å². The summed E-state index contributed by atoms with van der Waals surface area (Å²) >= 11 is 0. The molecule has 0 radical (unpaired) electrons. The fourth-order valence-electron chi connectivity index (χ4n) is 10.7. The predicted molar refractivity (Wildman–Crippen MR) is 262 cm³/mol. The van der Waals surface area contributed by atoms with Gasteiger partial charge >= 0.3 is 5.97 Å². The molecule has 468 valence electrons. The normalized spacial score (nSPS) is 47.4. The van der Waals surface area contributed by atoms with Gasteiger partial charge in [0.15, 0.2) is 37.7 Å². The Morgan fingerprint density at radius 2 is 0.787 bits per heavy atom. The second-order valence-corrected chi connectivity index (χ2v) is 21.8. The van der Waals surface area contributed by atoms with Gasteiger partial charge in [0.25, 0.3) is 0 Å². The van der Waals surface area contributed by atoms with Gasteiger partial charge in [0.05, 0.1) is 56.3 Å². The SMILES string of the molecule is CCCCCCC[C@@H](CCC[C@H](O)CC(=O)O)O[C@@H]1O[C@H](C)[C@H](O)[C@H](O)[C@H]1O[C@@H]1O[C@H](CO)[C@@H](O)[C@H](O)[C@H]1O[C@@H]1O[C@@H](C)[C@H](O[C@@H]2O[C@H](C)[C@@H](O)[C@H](O)[C@H]2O)[C@@H](O[C@@H]2O[C@H](CO)[C@@H](O)[C@H](O)[C@H]2O[C@@H]2O[C@H](C)[C@@H](O)[C@H](O)[C@H]2O)[C@H]1O. The van der Waals surface area contributed by atoms with Crippen LogP contribution in [0.2, 0.25) is 0 Å². The zero-order valence-corrected chi connectivity index (χ0v) is 45.4. The average molecular weight is 1170 g/mol. The Labute approximate surface area is 462 Å². The van der Waals surface area contributed by atoms with Crippen molar-refractivity contribution >= 4 is 5.97 Å². The van der Waals surface area contributed by atoms with Crippen LogP contribution in [0.15, 0.2) is 0 Å². The van der Waals surface area contributed by atoms with E-state index in [2.05, 4.69) is 6.92 Å². The minimum absolute atomic E-state index is 0.115. The summed E-state index contributed by atoms with van der Waals surface area (Å²) in [6, 6.07) is 0. The van der Waals surface area contributed by atoms with E-state index in [1.165, 1.54) is 27.7 Å². The van der Waals surface area contributed by atoms with Crippen LogP contribution in [0.4, 0.5) is 0 Å². The number of carboxylic acids is 1. The smallest absolute Gasteiger partial charge is 0.305 e. The quantitative estimate of drug-likeness (QED) is 0.0358. The van der Waals surface area contributed by atoms with E-state index in [4.69, 9.17) is 56.8 Å². The molecule has 6 fully saturated rings. The molecule has 0 aromatic heterocycles. The molecule has 0 amide bonds. The van der Waals surface area contributed by atoms with Crippen molar-refractivity contribution in [2.75, 3.05) is 13.2 Å². The largest absolute Gasteiger partial charge is 0.481 e. The lowest BCUT2D eigenvalue weighted by Crippen LogP contribution is -2.69. The van der Waals surface area contributed by atoms with Crippen LogP contribution in [-0.4, -0.2) is 302 Å².